The third kappa shape index (κ3) is 2.74. The van der Waals surface area contributed by atoms with Gasteiger partial charge in [-0.3, -0.25) is 4.90 Å². The largest absolute Gasteiger partial charge is 0.480 e. The van der Waals surface area contributed by atoms with E-state index in [1.807, 2.05) is 6.92 Å². The van der Waals surface area contributed by atoms with E-state index in [1.165, 1.54) is 4.90 Å². The predicted octanol–water partition coefficient (Wildman–Crippen LogP) is 1.59. The minimum absolute atomic E-state index is 0.0114. The highest BCUT2D eigenvalue weighted by Gasteiger charge is 2.41. The van der Waals surface area contributed by atoms with Crippen LogP contribution in [0.3, 0.4) is 0 Å². The van der Waals surface area contributed by atoms with Crippen molar-refractivity contribution in [2.45, 2.75) is 38.1 Å². The van der Waals surface area contributed by atoms with Crippen molar-refractivity contribution in [3.05, 3.63) is 0 Å². The minimum Gasteiger partial charge on any atom is -0.480 e. The summed E-state index contributed by atoms with van der Waals surface area (Å²) in [6.07, 6.45) is 1.94. The molecule has 1 aliphatic heterocycles. The highest BCUT2D eigenvalue weighted by Crippen LogP contribution is 2.37. The molecule has 2 rings (SSSR count). The number of carbonyl (C=O) groups is 2. The second-order valence-corrected chi connectivity index (χ2v) is 6.33. The van der Waals surface area contributed by atoms with Crippen molar-refractivity contribution in [2.75, 3.05) is 12.3 Å². The Hall–Kier alpha value is -0.910. The molecule has 2 fully saturated rings. The van der Waals surface area contributed by atoms with Gasteiger partial charge in [-0.2, -0.15) is 0 Å². The SMILES string of the molecule is CCC1SCC(C(=O)O)N1C(=O)NCC1CC1C. The summed E-state index contributed by atoms with van der Waals surface area (Å²) in [5.74, 6) is 0.845. The van der Waals surface area contributed by atoms with E-state index in [4.69, 9.17) is 5.11 Å². The van der Waals surface area contributed by atoms with Gasteiger partial charge in [-0.25, -0.2) is 9.59 Å². The standard InChI is InChI=1S/C12H20N2O3S/c1-3-10-14(9(6-18-10)11(15)16)12(17)13-5-8-4-7(8)2/h7-10H,3-6H2,1-2H3,(H,13,17)(H,15,16). The van der Waals surface area contributed by atoms with Crippen LogP contribution in [0.4, 0.5) is 4.79 Å². The molecule has 0 bridgehead atoms. The number of carboxylic acid groups (broad SMARTS) is 1. The van der Waals surface area contributed by atoms with Gasteiger partial charge in [-0.1, -0.05) is 13.8 Å². The van der Waals surface area contributed by atoms with Crippen molar-refractivity contribution in [2.24, 2.45) is 11.8 Å². The van der Waals surface area contributed by atoms with Crippen molar-refractivity contribution in [3.63, 3.8) is 0 Å². The maximum Gasteiger partial charge on any atom is 0.327 e. The summed E-state index contributed by atoms with van der Waals surface area (Å²) in [6, 6.07) is -0.907. The molecule has 0 aromatic heterocycles. The van der Waals surface area contributed by atoms with Gasteiger partial charge in [-0.05, 0) is 24.7 Å². The summed E-state index contributed by atoms with van der Waals surface area (Å²) in [7, 11) is 0. The molecule has 1 aliphatic carbocycles. The van der Waals surface area contributed by atoms with E-state index in [0.717, 1.165) is 12.8 Å². The molecule has 102 valence electrons. The van der Waals surface area contributed by atoms with Crippen LogP contribution in [0.15, 0.2) is 0 Å². The molecule has 0 aromatic rings. The second-order valence-electron chi connectivity index (χ2n) is 5.12. The number of amides is 2. The van der Waals surface area contributed by atoms with Gasteiger partial charge in [0.2, 0.25) is 0 Å². The lowest BCUT2D eigenvalue weighted by molar-refractivity contribution is -0.141. The number of hydrogen-bond donors (Lipinski definition) is 2. The van der Waals surface area contributed by atoms with Gasteiger partial charge in [-0.15, -0.1) is 11.8 Å². The molecule has 1 saturated carbocycles. The van der Waals surface area contributed by atoms with Crippen LogP contribution in [0.2, 0.25) is 0 Å². The van der Waals surface area contributed by atoms with E-state index in [9.17, 15) is 9.59 Å². The van der Waals surface area contributed by atoms with Crippen molar-refractivity contribution < 1.29 is 14.7 Å². The zero-order valence-corrected chi connectivity index (χ0v) is 11.6. The van der Waals surface area contributed by atoms with E-state index >= 15 is 0 Å². The molecule has 5 nitrogen and oxygen atoms in total. The summed E-state index contributed by atoms with van der Waals surface area (Å²) in [5.41, 5.74) is 0. The van der Waals surface area contributed by atoms with Crippen LogP contribution in [0.25, 0.3) is 0 Å². The first-order valence-corrected chi connectivity index (χ1v) is 7.50. The van der Waals surface area contributed by atoms with E-state index in [-0.39, 0.29) is 11.4 Å². The monoisotopic (exact) mass is 272 g/mol. The zero-order chi connectivity index (χ0) is 13.3. The highest BCUT2D eigenvalue weighted by molar-refractivity contribution is 8.00. The molecule has 0 aromatic carbocycles. The maximum absolute atomic E-state index is 12.1. The van der Waals surface area contributed by atoms with Gasteiger partial charge in [0.1, 0.15) is 6.04 Å². The molecular weight excluding hydrogens is 252 g/mol. The Morgan fingerprint density at radius 2 is 2.17 bits per heavy atom. The molecule has 4 atom stereocenters. The molecule has 2 aliphatic rings. The first-order valence-electron chi connectivity index (χ1n) is 6.45. The number of carboxylic acids is 1. The second kappa shape index (κ2) is 5.38. The summed E-state index contributed by atoms with van der Waals surface area (Å²) in [4.78, 5) is 24.8. The van der Waals surface area contributed by atoms with Crippen LogP contribution in [-0.4, -0.2) is 45.7 Å². The van der Waals surface area contributed by atoms with Crippen LogP contribution >= 0.6 is 11.8 Å². The van der Waals surface area contributed by atoms with E-state index < -0.39 is 12.0 Å². The molecule has 1 heterocycles. The average Bonchev–Trinajstić information content (AvgIpc) is 2.88. The lowest BCUT2D eigenvalue weighted by Gasteiger charge is -2.26. The maximum atomic E-state index is 12.1. The van der Waals surface area contributed by atoms with Gasteiger partial charge in [0.25, 0.3) is 0 Å². The first kappa shape index (κ1) is 13.5. The van der Waals surface area contributed by atoms with Crippen LogP contribution in [-0.2, 0) is 4.79 Å². The summed E-state index contributed by atoms with van der Waals surface area (Å²) in [5, 5.41) is 12.0. The van der Waals surface area contributed by atoms with Crippen molar-refractivity contribution in [1.82, 2.24) is 10.2 Å². The Bertz CT molecular complexity index is 350. The van der Waals surface area contributed by atoms with Crippen LogP contribution in [0, 0.1) is 11.8 Å². The van der Waals surface area contributed by atoms with E-state index in [2.05, 4.69) is 12.2 Å². The Morgan fingerprint density at radius 1 is 1.50 bits per heavy atom. The molecule has 2 N–H and O–H groups in total. The Balaban J connectivity index is 1.93. The molecule has 4 unspecified atom stereocenters. The zero-order valence-electron chi connectivity index (χ0n) is 10.8. The number of aliphatic carboxylic acids is 1. The van der Waals surface area contributed by atoms with Gasteiger partial charge in [0, 0.05) is 12.3 Å². The third-order valence-corrected chi connectivity index (χ3v) is 5.21. The number of nitrogens with zero attached hydrogens (tertiary/aromatic N) is 1. The van der Waals surface area contributed by atoms with Crippen LogP contribution < -0.4 is 5.32 Å². The van der Waals surface area contributed by atoms with Gasteiger partial charge in [0.15, 0.2) is 0 Å². The number of hydrogen-bond acceptors (Lipinski definition) is 3. The Morgan fingerprint density at radius 3 is 2.67 bits per heavy atom. The normalized spacial score (nSPS) is 34.4. The number of rotatable bonds is 4. The summed E-state index contributed by atoms with van der Waals surface area (Å²) in [6.45, 7) is 4.81. The molecule has 0 spiro atoms. The van der Waals surface area contributed by atoms with Crippen LogP contribution in [0.5, 0.6) is 0 Å². The fourth-order valence-electron chi connectivity index (χ4n) is 2.33. The summed E-state index contributed by atoms with van der Waals surface area (Å²) >= 11 is 1.55. The fraction of sp³-hybridized carbons (Fsp3) is 0.833. The summed E-state index contributed by atoms with van der Waals surface area (Å²) < 4.78 is 0. The lowest BCUT2D eigenvalue weighted by Crippen LogP contribution is -2.50. The molecule has 1 saturated heterocycles. The molecule has 0 radical (unpaired) electrons. The predicted molar refractivity (Wildman–Crippen MR) is 70.5 cm³/mol. The fourth-order valence-corrected chi connectivity index (χ4v) is 3.68. The number of thioether (sulfide) groups is 1. The van der Waals surface area contributed by atoms with Crippen molar-refractivity contribution in [3.8, 4) is 0 Å². The molecular formula is C12H20N2O3S. The van der Waals surface area contributed by atoms with E-state index in [1.54, 1.807) is 11.8 Å². The van der Waals surface area contributed by atoms with Crippen molar-refractivity contribution in [1.29, 1.82) is 0 Å². The molecule has 2 amide bonds. The van der Waals surface area contributed by atoms with Gasteiger partial charge < -0.3 is 10.4 Å². The minimum atomic E-state index is -0.909. The Labute approximate surface area is 111 Å². The quantitative estimate of drug-likeness (QED) is 0.815. The van der Waals surface area contributed by atoms with Gasteiger partial charge in [0.05, 0.1) is 5.37 Å². The van der Waals surface area contributed by atoms with Crippen molar-refractivity contribution >= 4 is 23.8 Å². The molecule has 18 heavy (non-hydrogen) atoms. The lowest BCUT2D eigenvalue weighted by atomic mass is 10.2. The Kier molecular flexibility index (Phi) is 4.04. The van der Waals surface area contributed by atoms with Crippen LogP contribution in [0.1, 0.15) is 26.7 Å². The topological polar surface area (TPSA) is 69.6 Å². The van der Waals surface area contributed by atoms with Gasteiger partial charge >= 0.3 is 12.0 Å². The average molecular weight is 272 g/mol. The number of nitrogens with one attached hydrogen (secondary N) is 1. The smallest absolute Gasteiger partial charge is 0.327 e. The number of carbonyl (C=O) groups excluding carboxylic acids is 1. The highest BCUT2D eigenvalue weighted by atomic mass is 32.2. The molecule has 6 heteroatoms. The third-order valence-electron chi connectivity index (χ3n) is 3.75. The first-order chi connectivity index (χ1) is 8.54. The van der Waals surface area contributed by atoms with E-state index in [0.29, 0.717) is 24.1 Å². The number of urea groups is 1.